The second-order valence-electron chi connectivity index (χ2n) is 4.49. The minimum atomic E-state index is -0.801. The number of nitrogens with one attached hydrogen (secondary N) is 2. The number of carbonyl (C=O) groups excluding carboxylic acids is 2. The van der Waals surface area contributed by atoms with E-state index < -0.39 is 18.1 Å². The highest BCUT2D eigenvalue weighted by Gasteiger charge is 2.23. The molecule has 1 atom stereocenters. The average molecular weight is 269 g/mol. The van der Waals surface area contributed by atoms with Gasteiger partial charge in [0.25, 0.3) is 0 Å². The van der Waals surface area contributed by atoms with Gasteiger partial charge in [-0.1, -0.05) is 13.8 Å². The number of aromatic nitrogens is 2. The van der Waals surface area contributed by atoms with Crippen molar-refractivity contribution in [3.05, 3.63) is 18.2 Å². The van der Waals surface area contributed by atoms with Gasteiger partial charge in [0.05, 0.1) is 20.0 Å². The molecule has 0 fully saturated rings. The van der Waals surface area contributed by atoms with Crippen molar-refractivity contribution in [2.24, 2.45) is 5.92 Å². The molecule has 0 unspecified atom stereocenters. The lowest BCUT2D eigenvalue weighted by molar-refractivity contribution is -0.143. The van der Waals surface area contributed by atoms with Crippen molar-refractivity contribution in [3.8, 4) is 0 Å². The Labute approximate surface area is 111 Å². The Kier molecular flexibility index (Phi) is 5.84. The monoisotopic (exact) mass is 269 g/mol. The fourth-order valence-electron chi connectivity index (χ4n) is 1.38. The first kappa shape index (κ1) is 15.0. The summed E-state index contributed by atoms with van der Waals surface area (Å²) in [5, 5.41) is 2.48. The normalized spacial score (nSPS) is 12.0. The lowest BCUT2D eigenvalue weighted by atomic mass is 10.2. The van der Waals surface area contributed by atoms with Gasteiger partial charge in [-0.15, -0.1) is 0 Å². The molecule has 0 aliphatic rings. The van der Waals surface area contributed by atoms with Gasteiger partial charge in [0.2, 0.25) is 0 Å². The first-order valence-corrected chi connectivity index (χ1v) is 6.01. The molecule has 0 saturated heterocycles. The molecule has 1 aromatic rings. The van der Waals surface area contributed by atoms with E-state index in [1.165, 1.54) is 13.4 Å². The van der Waals surface area contributed by atoms with Crippen molar-refractivity contribution in [2.45, 2.75) is 26.3 Å². The van der Waals surface area contributed by atoms with Crippen LogP contribution in [0.4, 0.5) is 4.79 Å². The number of rotatable bonds is 6. The molecule has 0 aromatic carbocycles. The Hall–Kier alpha value is -2.05. The molecule has 1 heterocycles. The molecule has 1 rings (SSSR count). The van der Waals surface area contributed by atoms with Gasteiger partial charge in [0, 0.05) is 18.3 Å². The van der Waals surface area contributed by atoms with Gasteiger partial charge in [0.15, 0.2) is 0 Å². The Morgan fingerprint density at radius 2 is 2.21 bits per heavy atom. The molecule has 2 N–H and O–H groups in total. The van der Waals surface area contributed by atoms with Crippen LogP contribution in [-0.2, 0) is 20.7 Å². The van der Waals surface area contributed by atoms with Crippen LogP contribution in [0.25, 0.3) is 0 Å². The molecular weight excluding hydrogens is 250 g/mol. The van der Waals surface area contributed by atoms with Gasteiger partial charge >= 0.3 is 12.1 Å². The topological polar surface area (TPSA) is 93.3 Å². The largest absolute Gasteiger partial charge is 0.467 e. The minimum absolute atomic E-state index is 0.231. The summed E-state index contributed by atoms with van der Waals surface area (Å²) in [4.78, 5) is 29.8. The third-order valence-corrected chi connectivity index (χ3v) is 2.30. The highest BCUT2D eigenvalue weighted by molar-refractivity contribution is 5.81. The maximum Gasteiger partial charge on any atom is 0.407 e. The summed E-state index contributed by atoms with van der Waals surface area (Å²) in [7, 11) is 1.27. The molecule has 1 amide bonds. The van der Waals surface area contributed by atoms with E-state index in [9.17, 15) is 9.59 Å². The lowest BCUT2D eigenvalue weighted by Gasteiger charge is -2.16. The standard InChI is InChI=1S/C12H19N3O4/c1-8(2)6-19-12(17)15-10(11(16)18-3)4-9-5-13-7-14-9/h5,7-8,10H,4,6H2,1-3H3,(H,13,14)(H,15,17)/t10-/m0/s1. The molecule has 0 aliphatic carbocycles. The maximum atomic E-state index is 11.6. The molecule has 0 aliphatic heterocycles. The number of alkyl carbamates (subject to hydrolysis) is 1. The van der Waals surface area contributed by atoms with Gasteiger partial charge in [-0.3, -0.25) is 0 Å². The molecule has 0 bridgehead atoms. The molecule has 19 heavy (non-hydrogen) atoms. The Balaban J connectivity index is 2.54. The van der Waals surface area contributed by atoms with E-state index in [1.54, 1.807) is 6.20 Å². The number of aromatic amines is 1. The van der Waals surface area contributed by atoms with Crippen LogP contribution in [0.1, 0.15) is 19.5 Å². The molecule has 0 radical (unpaired) electrons. The van der Waals surface area contributed by atoms with E-state index in [1.807, 2.05) is 13.8 Å². The number of esters is 1. The highest BCUT2D eigenvalue weighted by atomic mass is 16.6. The quantitative estimate of drug-likeness (QED) is 0.748. The maximum absolute atomic E-state index is 11.6. The van der Waals surface area contributed by atoms with Crippen LogP contribution in [0, 0.1) is 5.92 Å². The van der Waals surface area contributed by atoms with E-state index in [0.29, 0.717) is 6.61 Å². The van der Waals surface area contributed by atoms with E-state index >= 15 is 0 Å². The summed E-state index contributed by atoms with van der Waals surface area (Å²) in [6, 6.07) is -0.801. The summed E-state index contributed by atoms with van der Waals surface area (Å²) in [6.07, 6.45) is 2.71. The third-order valence-electron chi connectivity index (χ3n) is 2.30. The summed E-state index contributed by atoms with van der Waals surface area (Å²) in [5.41, 5.74) is 0.722. The number of methoxy groups -OCH3 is 1. The van der Waals surface area contributed by atoms with Crippen LogP contribution >= 0.6 is 0 Å². The minimum Gasteiger partial charge on any atom is -0.467 e. The summed E-state index contributed by atoms with van der Waals surface area (Å²) >= 11 is 0. The van der Waals surface area contributed by atoms with Crippen molar-refractivity contribution in [2.75, 3.05) is 13.7 Å². The molecular formula is C12H19N3O4. The number of H-pyrrole nitrogens is 1. The second kappa shape index (κ2) is 7.40. The zero-order valence-electron chi connectivity index (χ0n) is 11.3. The van der Waals surface area contributed by atoms with E-state index in [4.69, 9.17) is 4.74 Å². The smallest absolute Gasteiger partial charge is 0.407 e. The number of carbonyl (C=O) groups is 2. The van der Waals surface area contributed by atoms with Crippen LogP contribution in [0.5, 0.6) is 0 Å². The molecule has 0 saturated carbocycles. The zero-order chi connectivity index (χ0) is 14.3. The number of nitrogens with zero attached hydrogens (tertiary/aromatic N) is 1. The van der Waals surface area contributed by atoms with Crippen molar-refractivity contribution < 1.29 is 19.1 Å². The fourth-order valence-corrected chi connectivity index (χ4v) is 1.38. The van der Waals surface area contributed by atoms with Gasteiger partial charge in [-0.05, 0) is 5.92 Å². The second-order valence-corrected chi connectivity index (χ2v) is 4.49. The van der Waals surface area contributed by atoms with Crippen LogP contribution in [-0.4, -0.2) is 41.8 Å². The van der Waals surface area contributed by atoms with Gasteiger partial charge in [0.1, 0.15) is 6.04 Å². The Morgan fingerprint density at radius 1 is 1.47 bits per heavy atom. The first-order valence-electron chi connectivity index (χ1n) is 6.01. The SMILES string of the molecule is COC(=O)[C@H](Cc1cnc[nH]1)NC(=O)OCC(C)C. The third kappa shape index (κ3) is 5.41. The van der Waals surface area contributed by atoms with Gasteiger partial charge in [-0.25, -0.2) is 14.6 Å². The van der Waals surface area contributed by atoms with Crippen LogP contribution < -0.4 is 5.32 Å². The van der Waals surface area contributed by atoms with Crippen molar-refractivity contribution >= 4 is 12.1 Å². The van der Waals surface area contributed by atoms with Gasteiger partial charge in [-0.2, -0.15) is 0 Å². The Bertz CT molecular complexity index is 403. The number of hydrogen-bond donors (Lipinski definition) is 2. The highest BCUT2D eigenvalue weighted by Crippen LogP contribution is 2.01. The number of amides is 1. The zero-order valence-corrected chi connectivity index (χ0v) is 11.3. The van der Waals surface area contributed by atoms with Crippen molar-refractivity contribution in [3.63, 3.8) is 0 Å². The van der Waals surface area contributed by atoms with Crippen LogP contribution in [0.15, 0.2) is 12.5 Å². The Morgan fingerprint density at radius 3 is 2.74 bits per heavy atom. The van der Waals surface area contributed by atoms with E-state index in [0.717, 1.165) is 5.69 Å². The van der Waals surface area contributed by atoms with Crippen molar-refractivity contribution in [1.29, 1.82) is 0 Å². The average Bonchev–Trinajstić information content (AvgIpc) is 2.87. The molecule has 7 heteroatoms. The number of ether oxygens (including phenoxy) is 2. The molecule has 0 spiro atoms. The van der Waals surface area contributed by atoms with E-state index in [-0.39, 0.29) is 12.3 Å². The predicted octanol–water partition coefficient (Wildman–Crippen LogP) is 0.876. The van der Waals surface area contributed by atoms with Gasteiger partial charge < -0.3 is 19.8 Å². The molecule has 106 valence electrons. The predicted molar refractivity (Wildman–Crippen MR) is 67.4 cm³/mol. The van der Waals surface area contributed by atoms with Crippen molar-refractivity contribution in [1.82, 2.24) is 15.3 Å². The summed E-state index contributed by atoms with van der Waals surface area (Å²) in [5.74, 6) is -0.300. The van der Waals surface area contributed by atoms with E-state index in [2.05, 4.69) is 20.0 Å². The summed E-state index contributed by atoms with van der Waals surface area (Å²) in [6.45, 7) is 4.15. The van der Waals surface area contributed by atoms with Crippen LogP contribution in [0.3, 0.4) is 0 Å². The number of hydrogen-bond acceptors (Lipinski definition) is 5. The van der Waals surface area contributed by atoms with Crippen LogP contribution in [0.2, 0.25) is 0 Å². The molecule has 7 nitrogen and oxygen atoms in total. The molecule has 1 aromatic heterocycles. The lowest BCUT2D eigenvalue weighted by Crippen LogP contribution is -2.43. The first-order chi connectivity index (χ1) is 9.02. The number of imidazole rings is 1. The fraction of sp³-hybridized carbons (Fsp3) is 0.583. The summed E-state index contributed by atoms with van der Waals surface area (Å²) < 4.78 is 9.61.